The van der Waals surface area contributed by atoms with Crippen molar-refractivity contribution in [3.8, 4) is 0 Å². The lowest BCUT2D eigenvalue weighted by molar-refractivity contribution is -0.161. The lowest BCUT2D eigenvalue weighted by Crippen LogP contribution is -2.28. The van der Waals surface area contributed by atoms with E-state index in [0.717, 1.165) is 89.9 Å². The molecule has 0 aliphatic carbocycles. The summed E-state index contributed by atoms with van der Waals surface area (Å²) >= 11 is 0. The molecule has 0 aromatic rings. The molecule has 0 bridgehead atoms. The van der Waals surface area contributed by atoms with Crippen LogP contribution in [0, 0.1) is 0 Å². The van der Waals surface area contributed by atoms with E-state index in [1.165, 1.54) is 218 Å². The predicted octanol–water partition coefficient (Wildman–Crippen LogP) is 24.0. The molecule has 1 unspecified atom stereocenters. The van der Waals surface area contributed by atoms with Crippen LogP contribution in [0.4, 0.5) is 0 Å². The zero-order valence-electron chi connectivity index (χ0n) is 52.8. The van der Waals surface area contributed by atoms with Gasteiger partial charge in [0, 0.05) is 12.8 Å². The van der Waals surface area contributed by atoms with Crippen molar-refractivity contribution < 1.29 is 24.2 Å². The maximum Gasteiger partial charge on any atom is 0.306 e. The Bertz CT molecular complexity index is 1540. The molecule has 0 saturated carbocycles. The van der Waals surface area contributed by atoms with Crippen LogP contribution in [0.15, 0.2) is 109 Å². The second kappa shape index (κ2) is 69.8. The van der Waals surface area contributed by atoms with Crippen molar-refractivity contribution in [3.63, 3.8) is 0 Å². The van der Waals surface area contributed by atoms with Crippen LogP contribution in [0.5, 0.6) is 0 Å². The Morgan fingerprint density at radius 3 is 0.825 bits per heavy atom. The highest BCUT2D eigenvalue weighted by Gasteiger charge is 2.16. The van der Waals surface area contributed by atoms with Gasteiger partial charge in [-0.15, -0.1) is 0 Å². The highest BCUT2D eigenvalue weighted by atomic mass is 16.6. The fourth-order valence-electron chi connectivity index (χ4n) is 9.92. The van der Waals surface area contributed by atoms with Crippen molar-refractivity contribution in [2.75, 3.05) is 13.2 Å². The number of hydrogen-bond donors (Lipinski definition) is 1. The maximum atomic E-state index is 12.4. The fraction of sp³-hybridized carbons (Fsp3) is 0.733. The van der Waals surface area contributed by atoms with Gasteiger partial charge >= 0.3 is 11.9 Å². The highest BCUT2D eigenvalue weighted by molar-refractivity contribution is 5.70. The summed E-state index contributed by atoms with van der Waals surface area (Å²) in [6, 6.07) is 0. The number of aliphatic hydroxyl groups is 1. The van der Waals surface area contributed by atoms with Crippen LogP contribution in [0.2, 0.25) is 0 Å². The zero-order valence-corrected chi connectivity index (χ0v) is 52.8. The van der Waals surface area contributed by atoms with Crippen LogP contribution >= 0.6 is 0 Å². The molecule has 0 aromatic carbocycles. The lowest BCUT2D eigenvalue weighted by Gasteiger charge is -2.15. The molecule has 80 heavy (non-hydrogen) atoms. The van der Waals surface area contributed by atoms with E-state index in [1.54, 1.807) is 0 Å². The van der Waals surface area contributed by atoms with Gasteiger partial charge in [-0.25, -0.2) is 0 Å². The largest absolute Gasteiger partial charge is 0.462 e. The third-order valence-electron chi connectivity index (χ3n) is 15.1. The van der Waals surface area contributed by atoms with Gasteiger partial charge in [0.15, 0.2) is 6.10 Å². The van der Waals surface area contributed by atoms with Crippen molar-refractivity contribution in [2.24, 2.45) is 0 Å². The summed E-state index contributed by atoms with van der Waals surface area (Å²) in [6.07, 6.45) is 101. The van der Waals surface area contributed by atoms with E-state index < -0.39 is 6.10 Å². The van der Waals surface area contributed by atoms with Crippen LogP contribution in [0.3, 0.4) is 0 Å². The average Bonchev–Trinajstić information content (AvgIpc) is 3.46. The molecule has 0 radical (unpaired) electrons. The monoisotopic (exact) mass is 1110 g/mol. The van der Waals surface area contributed by atoms with Crippen LogP contribution in [-0.4, -0.2) is 36.4 Å². The van der Waals surface area contributed by atoms with Gasteiger partial charge in [0.05, 0.1) is 6.61 Å². The highest BCUT2D eigenvalue weighted by Crippen LogP contribution is 2.17. The molecule has 0 fully saturated rings. The molecule has 1 atom stereocenters. The zero-order chi connectivity index (χ0) is 57.6. The molecule has 0 heterocycles. The molecule has 0 aliphatic rings. The summed E-state index contributed by atoms with van der Waals surface area (Å²) < 4.78 is 10.8. The molecule has 0 aromatic heterocycles. The molecular weight excluding hydrogens is 981 g/mol. The van der Waals surface area contributed by atoms with E-state index in [0.29, 0.717) is 12.8 Å². The molecule has 5 heteroatoms. The normalized spacial score (nSPS) is 12.9. The minimum atomic E-state index is -0.777. The van der Waals surface area contributed by atoms with Crippen molar-refractivity contribution in [1.82, 2.24) is 0 Å². The van der Waals surface area contributed by atoms with Gasteiger partial charge in [-0.2, -0.15) is 0 Å². The molecule has 1 N–H and O–H groups in total. The minimum absolute atomic E-state index is 0.0658. The summed E-state index contributed by atoms with van der Waals surface area (Å²) in [7, 11) is 0. The number of esters is 2. The number of allylic oxidation sites excluding steroid dienone is 18. The van der Waals surface area contributed by atoms with Crippen LogP contribution in [0.25, 0.3) is 0 Å². The first-order chi connectivity index (χ1) is 39.6. The number of carbonyl (C=O) groups is 2. The number of aliphatic hydroxyl groups excluding tert-OH is 1. The van der Waals surface area contributed by atoms with Crippen molar-refractivity contribution in [1.29, 1.82) is 0 Å². The Morgan fingerprint density at radius 2 is 0.537 bits per heavy atom. The van der Waals surface area contributed by atoms with Gasteiger partial charge in [-0.3, -0.25) is 9.59 Å². The summed E-state index contributed by atoms with van der Waals surface area (Å²) in [4.78, 5) is 24.6. The number of rotatable bonds is 63. The number of unbranched alkanes of at least 4 members (excludes halogenated alkanes) is 37. The molecular formula is C75H130O5. The van der Waals surface area contributed by atoms with E-state index in [1.807, 2.05) is 0 Å². The first kappa shape index (κ1) is 76.6. The number of hydrogen-bond acceptors (Lipinski definition) is 5. The minimum Gasteiger partial charge on any atom is -0.462 e. The van der Waals surface area contributed by atoms with E-state index in [2.05, 4.69) is 123 Å². The Kier molecular flexibility index (Phi) is 66.8. The maximum absolute atomic E-state index is 12.4. The van der Waals surface area contributed by atoms with Crippen molar-refractivity contribution in [2.45, 2.75) is 341 Å². The third kappa shape index (κ3) is 67.1. The van der Waals surface area contributed by atoms with Gasteiger partial charge in [0.25, 0.3) is 0 Å². The fourth-order valence-corrected chi connectivity index (χ4v) is 9.92. The molecule has 460 valence electrons. The Hall–Kier alpha value is -3.44. The van der Waals surface area contributed by atoms with E-state index in [-0.39, 0.29) is 25.2 Å². The van der Waals surface area contributed by atoms with E-state index in [9.17, 15) is 14.7 Å². The molecule has 5 nitrogen and oxygen atoms in total. The van der Waals surface area contributed by atoms with Gasteiger partial charge in [0.1, 0.15) is 6.61 Å². The van der Waals surface area contributed by atoms with Gasteiger partial charge < -0.3 is 14.6 Å². The Labute approximate surface area is 497 Å². The molecule has 0 amide bonds. The first-order valence-corrected chi connectivity index (χ1v) is 34.4. The Morgan fingerprint density at radius 1 is 0.300 bits per heavy atom. The van der Waals surface area contributed by atoms with Crippen LogP contribution in [-0.2, 0) is 19.1 Å². The summed E-state index contributed by atoms with van der Waals surface area (Å²) in [5.41, 5.74) is 0. The topological polar surface area (TPSA) is 72.8 Å². The van der Waals surface area contributed by atoms with Gasteiger partial charge in [0.2, 0.25) is 0 Å². The van der Waals surface area contributed by atoms with E-state index >= 15 is 0 Å². The second-order valence-corrected chi connectivity index (χ2v) is 22.9. The summed E-state index contributed by atoms with van der Waals surface area (Å²) in [5.74, 6) is -0.579. The van der Waals surface area contributed by atoms with Crippen molar-refractivity contribution >= 4 is 11.9 Å². The first-order valence-electron chi connectivity index (χ1n) is 34.4. The predicted molar refractivity (Wildman–Crippen MR) is 352 cm³/mol. The number of carbonyl (C=O) groups excluding carboxylic acids is 2. The van der Waals surface area contributed by atoms with E-state index in [4.69, 9.17) is 9.47 Å². The lowest BCUT2D eigenvalue weighted by atomic mass is 10.0. The molecule has 0 spiro atoms. The SMILES string of the molecule is CC/C=C\C/C=C\C/C=C\C/C=C\C/C=C\C/C=C\C/C=C\C/C=C\CCCCCCCCCCCCCCCCCCC(=O)OC(CO)COC(=O)CCCCCCCCCCCCCCC/C=C\CCCCCCCCCC. The summed E-state index contributed by atoms with van der Waals surface area (Å²) in [5, 5.41) is 9.70. The third-order valence-corrected chi connectivity index (χ3v) is 15.1. The quantitative estimate of drug-likeness (QED) is 0.0373. The van der Waals surface area contributed by atoms with Gasteiger partial charge in [-0.1, -0.05) is 329 Å². The number of ether oxygens (including phenoxy) is 2. The molecule has 0 rings (SSSR count). The van der Waals surface area contributed by atoms with Gasteiger partial charge in [-0.05, 0) is 103 Å². The standard InChI is InChI=1S/C75H130O5/c1-3-5-7-9-11-13-15-17-19-21-23-25-27-29-30-31-32-33-34-35-36-37-38-39-40-41-42-43-44-46-48-50-52-54-56-58-60-62-64-66-68-70-75(78)80-73(71-76)72-79-74(77)69-67-65-63-61-59-57-55-53-51-49-47-45-28-26-24-22-20-18-16-14-12-10-8-6-4-2/h5,7,11,13,17,19,22-25,29-30,32-33,35-36,38-39,73,76H,3-4,6,8-10,12,14-16,18,20-21,26-28,31,34,37,40-72H2,1-2H3/b7-5-,13-11-,19-17-,24-22-,25-23-,30-29-,33-32-,36-35-,39-38-. The molecule has 0 aliphatic heterocycles. The Balaban J connectivity index is 3.47. The smallest absolute Gasteiger partial charge is 0.306 e. The van der Waals surface area contributed by atoms with Crippen molar-refractivity contribution in [3.05, 3.63) is 109 Å². The van der Waals surface area contributed by atoms with Crippen LogP contribution < -0.4 is 0 Å². The van der Waals surface area contributed by atoms with Crippen LogP contribution in [0.1, 0.15) is 335 Å². The summed E-state index contributed by atoms with van der Waals surface area (Å²) in [6.45, 7) is 4.06. The average molecular weight is 1110 g/mol. The second-order valence-electron chi connectivity index (χ2n) is 22.9. The molecule has 0 saturated heterocycles.